The first-order chi connectivity index (χ1) is 20.1. The third-order valence-electron chi connectivity index (χ3n) is 7.29. The standard InChI is InChI=1S/C36H42N2O3/c1-29(33-22-13-14-23-34(33)41-36(37)32-20-10-4-11-21-32)38(28-31-18-8-3-9-19-31)35(39)24-12-5-15-26-40-27-25-30-16-6-2-7-17-30/h2-4,6-11,13-14,16-23,29,36H,5,12,15,24-28,37H2,1H3. The zero-order valence-corrected chi connectivity index (χ0v) is 24.0. The first kappa shape index (κ1) is 30.0. The van der Waals surface area contributed by atoms with Gasteiger partial charge in [-0.3, -0.25) is 10.5 Å². The third-order valence-corrected chi connectivity index (χ3v) is 7.29. The van der Waals surface area contributed by atoms with Crippen LogP contribution in [0.4, 0.5) is 0 Å². The van der Waals surface area contributed by atoms with Gasteiger partial charge in [0.2, 0.25) is 5.91 Å². The summed E-state index contributed by atoms with van der Waals surface area (Å²) >= 11 is 0. The van der Waals surface area contributed by atoms with E-state index in [9.17, 15) is 4.79 Å². The Morgan fingerprint density at radius 2 is 1.34 bits per heavy atom. The second-order valence-electron chi connectivity index (χ2n) is 10.3. The van der Waals surface area contributed by atoms with Crippen LogP contribution < -0.4 is 10.5 Å². The average molecular weight is 551 g/mol. The maximum atomic E-state index is 13.6. The normalized spacial score (nSPS) is 12.4. The van der Waals surface area contributed by atoms with Gasteiger partial charge in [-0.25, -0.2) is 0 Å². The van der Waals surface area contributed by atoms with Gasteiger partial charge < -0.3 is 14.4 Å². The van der Waals surface area contributed by atoms with Crippen molar-refractivity contribution >= 4 is 5.91 Å². The molecule has 4 rings (SSSR count). The molecule has 214 valence electrons. The van der Waals surface area contributed by atoms with Crippen LogP contribution in [0.3, 0.4) is 0 Å². The summed E-state index contributed by atoms with van der Waals surface area (Å²) in [6.45, 7) is 4.04. The number of carbonyl (C=O) groups is 1. The molecule has 2 unspecified atom stereocenters. The fourth-order valence-corrected chi connectivity index (χ4v) is 4.91. The van der Waals surface area contributed by atoms with Crippen molar-refractivity contribution in [2.24, 2.45) is 5.73 Å². The number of amides is 1. The van der Waals surface area contributed by atoms with E-state index in [4.69, 9.17) is 15.2 Å². The Bertz CT molecular complexity index is 1300. The lowest BCUT2D eigenvalue weighted by Crippen LogP contribution is -2.33. The number of benzene rings is 4. The van der Waals surface area contributed by atoms with E-state index in [0.717, 1.165) is 55.6 Å². The Hall–Kier alpha value is -3.93. The lowest BCUT2D eigenvalue weighted by atomic mass is 10.0. The Kier molecular flexibility index (Phi) is 12.0. The second-order valence-corrected chi connectivity index (χ2v) is 10.3. The fraction of sp³-hybridized carbons (Fsp3) is 0.306. The van der Waals surface area contributed by atoms with E-state index in [-0.39, 0.29) is 11.9 Å². The lowest BCUT2D eigenvalue weighted by molar-refractivity contribution is -0.134. The fourth-order valence-electron chi connectivity index (χ4n) is 4.91. The van der Waals surface area contributed by atoms with Gasteiger partial charge in [0.05, 0.1) is 12.6 Å². The van der Waals surface area contributed by atoms with Crippen molar-refractivity contribution in [1.29, 1.82) is 0 Å². The highest BCUT2D eigenvalue weighted by Crippen LogP contribution is 2.33. The van der Waals surface area contributed by atoms with Crippen molar-refractivity contribution in [3.8, 4) is 5.75 Å². The van der Waals surface area contributed by atoms with Gasteiger partial charge in [-0.05, 0) is 43.4 Å². The summed E-state index contributed by atoms with van der Waals surface area (Å²) in [5.74, 6) is 0.823. The van der Waals surface area contributed by atoms with Gasteiger partial charge in [-0.15, -0.1) is 0 Å². The molecule has 0 aromatic heterocycles. The van der Waals surface area contributed by atoms with Gasteiger partial charge in [-0.2, -0.15) is 0 Å². The predicted octanol–water partition coefficient (Wildman–Crippen LogP) is 7.63. The molecule has 1 amide bonds. The number of nitrogens with zero attached hydrogens (tertiary/aromatic N) is 1. The molecular weight excluding hydrogens is 508 g/mol. The van der Waals surface area contributed by atoms with Crippen LogP contribution in [0.5, 0.6) is 5.75 Å². The van der Waals surface area contributed by atoms with Crippen molar-refractivity contribution in [2.75, 3.05) is 13.2 Å². The van der Waals surface area contributed by atoms with Crippen LogP contribution in [0.2, 0.25) is 0 Å². The van der Waals surface area contributed by atoms with Gasteiger partial charge in [-0.1, -0.05) is 116 Å². The second kappa shape index (κ2) is 16.4. The number of ether oxygens (including phenoxy) is 2. The average Bonchev–Trinajstić information content (AvgIpc) is 3.02. The zero-order valence-electron chi connectivity index (χ0n) is 24.0. The monoisotopic (exact) mass is 550 g/mol. The maximum absolute atomic E-state index is 13.6. The molecule has 0 fully saturated rings. The van der Waals surface area contributed by atoms with Crippen LogP contribution >= 0.6 is 0 Å². The first-order valence-corrected chi connectivity index (χ1v) is 14.6. The lowest BCUT2D eigenvalue weighted by Gasteiger charge is -2.31. The highest BCUT2D eigenvalue weighted by atomic mass is 16.5. The molecular formula is C36H42N2O3. The van der Waals surface area contributed by atoms with E-state index >= 15 is 0 Å². The molecule has 2 atom stereocenters. The number of para-hydroxylation sites is 1. The van der Waals surface area contributed by atoms with E-state index in [2.05, 4.69) is 43.3 Å². The van der Waals surface area contributed by atoms with Crippen molar-refractivity contribution in [3.05, 3.63) is 138 Å². The van der Waals surface area contributed by atoms with Crippen molar-refractivity contribution < 1.29 is 14.3 Å². The third kappa shape index (κ3) is 9.59. The SMILES string of the molecule is CC(c1ccccc1OC(N)c1ccccc1)N(Cc1ccccc1)C(=O)CCCCCOCCc1ccccc1. The first-order valence-electron chi connectivity index (χ1n) is 14.6. The predicted molar refractivity (Wildman–Crippen MR) is 165 cm³/mol. The molecule has 5 nitrogen and oxygen atoms in total. The van der Waals surface area contributed by atoms with Crippen molar-refractivity contribution in [3.63, 3.8) is 0 Å². The van der Waals surface area contributed by atoms with E-state index in [0.29, 0.717) is 18.7 Å². The van der Waals surface area contributed by atoms with Crippen LogP contribution in [0.25, 0.3) is 0 Å². The smallest absolute Gasteiger partial charge is 0.223 e. The molecule has 4 aromatic rings. The summed E-state index contributed by atoms with van der Waals surface area (Å²) in [6.07, 6.45) is 3.55. The molecule has 4 aromatic carbocycles. The molecule has 0 radical (unpaired) electrons. The van der Waals surface area contributed by atoms with Crippen LogP contribution in [0, 0.1) is 0 Å². The Balaban J connectivity index is 1.34. The maximum Gasteiger partial charge on any atom is 0.223 e. The van der Waals surface area contributed by atoms with Crippen LogP contribution in [-0.2, 0) is 22.5 Å². The summed E-state index contributed by atoms with van der Waals surface area (Å²) in [5, 5.41) is 0. The molecule has 0 aliphatic carbocycles. The van der Waals surface area contributed by atoms with Gasteiger partial charge in [0.1, 0.15) is 5.75 Å². The molecule has 5 heteroatoms. The molecule has 0 bridgehead atoms. The summed E-state index contributed by atoms with van der Waals surface area (Å²) in [6, 6.07) is 38.0. The van der Waals surface area contributed by atoms with Crippen LogP contribution in [-0.4, -0.2) is 24.0 Å². The van der Waals surface area contributed by atoms with Gasteiger partial charge >= 0.3 is 0 Å². The van der Waals surface area contributed by atoms with Gasteiger partial charge in [0, 0.05) is 30.7 Å². The molecule has 2 N–H and O–H groups in total. The topological polar surface area (TPSA) is 64.8 Å². The van der Waals surface area contributed by atoms with Gasteiger partial charge in [0.25, 0.3) is 0 Å². The van der Waals surface area contributed by atoms with Crippen molar-refractivity contribution in [2.45, 2.75) is 57.8 Å². The number of hydrogen-bond acceptors (Lipinski definition) is 4. The number of nitrogens with two attached hydrogens (primary N) is 1. The molecule has 0 saturated carbocycles. The number of carbonyl (C=O) groups excluding carboxylic acids is 1. The number of rotatable bonds is 16. The summed E-state index contributed by atoms with van der Waals surface area (Å²) in [7, 11) is 0. The summed E-state index contributed by atoms with van der Waals surface area (Å²) < 4.78 is 12.1. The zero-order chi connectivity index (χ0) is 28.7. The largest absolute Gasteiger partial charge is 0.471 e. The van der Waals surface area contributed by atoms with E-state index < -0.39 is 6.23 Å². The molecule has 0 spiro atoms. The molecule has 41 heavy (non-hydrogen) atoms. The Labute approximate surface area is 244 Å². The van der Waals surface area contributed by atoms with Crippen LogP contribution in [0.1, 0.15) is 67.1 Å². The molecule has 0 saturated heterocycles. The minimum Gasteiger partial charge on any atom is -0.471 e. The number of unbranched alkanes of at least 4 members (excludes halogenated alkanes) is 2. The van der Waals surface area contributed by atoms with Crippen molar-refractivity contribution in [1.82, 2.24) is 4.90 Å². The molecule has 0 aliphatic heterocycles. The minimum atomic E-state index is -0.599. The highest BCUT2D eigenvalue weighted by molar-refractivity contribution is 5.76. The number of hydrogen-bond donors (Lipinski definition) is 1. The Morgan fingerprint density at radius 3 is 2.05 bits per heavy atom. The molecule has 0 heterocycles. The van der Waals surface area contributed by atoms with Crippen LogP contribution in [0.15, 0.2) is 115 Å². The van der Waals surface area contributed by atoms with E-state index in [1.807, 2.05) is 83.8 Å². The Morgan fingerprint density at radius 1 is 0.732 bits per heavy atom. The minimum absolute atomic E-state index is 0.133. The van der Waals surface area contributed by atoms with E-state index in [1.54, 1.807) is 0 Å². The van der Waals surface area contributed by atoms with E-state index in [1.165, 1.54) is 5.56 Å². The quantitative estimate of drug-likeness (QED) is 0.115. The highest BCUT2D eigenvalue weighted by Gasteiger charge is 2.24. The van der Waals surface area contributed by atoms with Gasteiger partial charge in [0.15, 0.2) is 6.23 Å². The summed E-state index contributed by atoms with van der Waals surface area (Å²) in [4.78, 5) is 15.6. The molecule has 0 aliphatic rings. The summed E-state index contributed by atoms with van der Waals surface area (Å²) in [5.41, 5.74) is 10.6.